The van der Waals surface area contributed by atoms with Gasteiger partial charge in [0.05, 0.1) is 10.9 Å². The number of nitrogens with one attached hydrogen (secondary N) is 1. The van der Waals surface area contributed by atoms with Gasteiger partial charge in [0, 0.05) is 6.04 Å². The number of hydrogen-bond donors (Lipinski definition) is 1. The molecule has 2 atom stereocenters. The van der Waals surface area contributed by atoms with E-state index in [-0.39, 0.29) is 18.4 Å². The summed E-state index contributed by atoms with van der Waals surface area (Å²) in [5.74, 6) is 0. The van der Waals surface area contributed by atoms with Crippen LogP contribution in [0.4, 0.5) is 13.2 Å². The molecule has 0 bridgehead atoms. The molecule has 3 rings (SSSR count). The van der Waals surface area contributed by atoms with Crippen molar-refractivity contribution < 1.29 is 13.2 Å². The molecule has 0 aliphatic heterocycles. The van der Waals surface area contributed by atoms with Crippen LogP contribution >= 0.6 is 24.0 Å². The molecule has 6 heteroatoms. The molecule has 28 heavy (non-hydrogen) atoms. The van der Waals surface area contributed by atoms with Gasteiger partial charge in [-0.25, -0.2) is 0 Å². The number of rotatable bonds is 6. The minimum Gasteiger partial charge on any atom is -0.310 e. The Kier molecular flexibility index (Phi) is 7.76. The third kappa shape index (κ3) is 5.40. The molecule has 1 N–H and O–H groups in total. The number of alkyl halides is 4. The van der Waals surface area contributed by atoms with E-state index in [1.165, 1.54) is 22.4 Å². The van der Waals surface area contributed by atoms with Crippen molar-refractivity contribution in [1.82, 2.24) is 5.32 Å². The van der Waals surface area contributed by atoms with E-state index in [0.29, 0.717) is 18.5 Å². The third-order valence-corrected chi connectivity index (χ3v) is 5.18. The molecular formula is C22H22Cl2F3N. The lowest BCUT2D eigenvalue weighted by Gasteiger charge is -2.18. The number of fused-ring (bicyclic) bond motifs is 1. The molecule has 0 heterocycles. The van der Waals surface area contributed by atoms with Gasteiger partial charge in [-0.3, -0.25) is 0 Å². The largest absolute Gasteiger partial charge is 0.416 e. The zero-order valence-corrected chi connectivity index (χ0v) is 16.9. The monoisotopic (exact) mass is 427 g/mol. The highest BCUT2D eigenvalue weighted by molar-refractivity contribution is 6.20. The predicted octanol–water partition coefficient (Wildman–Crippen LogP) is 7.30. The molecule has 3 aromatic carbocycles. The van der Waals surface area contributed by atoms with Crippen molar-refractivity contribution in [3.63, 3.8) is 0 Å². The Balaban J connectivity index is 0.00000280. The summed E-state index contributed by atoms with van der Waals surface area (Å²) in [6.45, 7) is 2.68. The summed E-state index contributed by atoms with van der Waals surface area (Å²) in [5, 5.41) is 5.34. The molecule has 0 radical (unpaired) electrons. The van der Waals surface area contributed by atoms with Crippen molar-refractivity contribution in [3.8, 4) is 0 Å². The van der Waals surface area contributed by atoms with Crippen LogP contribution in [-0.2, 0) is 6.18 Å². The lowest BCUT2D eigenvalue weighted by molar-refractivity contribution is -0.137. The second kappa shape index (κ2) is 9.64. The van der Waals surface area contributed by atoms with Gasteiger partial charge in [0.15, 0.2) is 0 Å². The van der Waals surface area contributed by atoms with Crippen molar-refractivity contribution in [2.45, 2.75) is 30.9 Å². The molecule has 0 fully saturated rings. The fraction of sp³-hybridized carbons (Fsp3) is 0.273. The molecule has 0 aromatic heterocycles. The van der Waals surface area contributed by atoms with Gasteiger partial charge in [0.25, 0.3) is 0 Å². The first kappa shape index (κ1) is 22.5. The van der Waals surface area contributed by atoms with Gasteiger partial charge >= 0.3 is 6.18 Å². The minimum absolute atomic E-state index is 0. The molecule has 0 saturated carbocycles. The van der Waals surface area contributed by atoms with Crippen molar-refractivity contribution in [3.05, 3.63) is 83.4 Å². The molecule has 1 unspecified atom stereocenters. The summed E-state index contributed by atoms with van der Waals surface area (Å²) >= 11 is 6.35. The molecule has 0 saturated heterocycles. The minimum atomic E-state index is -4.35. The Bertz CT molecular complexity index is 906. The summed E-state index contributed by atoms with van der Waals surface area (Å²) in [4.78, 5) is 0. The molecule has 1 nitrogen and oxygen atoms in total. The van der Waals surface area contributed by atoms with Gasteiger partial charge in [0.2, 0.25) is 0 Å². The van der Waals surface area contributed by atoms with Crippen LogP contribution < -0.4 is 5.32 Å². The van der Waals surface area contributed by atoms with Crippen molar-refractivity contribution in [1.29, 1.82) is 0 Å². The van der Waals surface area contributed by atoms with Gasteiger partial charge in [-0.2, -0.15) is 13.2 Å². The van der Waals surface area contributed by atoms with Crippen LogP contribution in [0, 0.1) is 0 Å². The Morgan fingerprint density at radius 2 is 1.64 bits per heavy atom. The topological polar surface area (TPSA) is 12.0 Å². The number of hydrogen-bond acceptors (Lipinski definition) is 1. The fourth-order valence-electron chi connectivity index (χ4n) is 3.24. The highest BCUT2D eigenvalue weighted by atomic mass is 35.5. The average molecular weight is 428 g/mol. The van der Waals surface area contributed by atoms with E-state index in [0.717, 1.165) is 12.1 Å². The first-order chi connectivity index (χ1) is 12.9. The summed E-state index contributed by atoms with van der Waals surface area (Å²) in [7, 11) is 0. The van der Waals surface area contributed by atoms with E-state index in [9.17, 15) is 13.2 Å². The molecular weight excluding hydrogens is 406 g/mol. The molecule has 0 amide bonds. The van der Waals surface area contributed by atoms with Crippen LogP contribution in [0.5, 0.6) is 0 Å². The van der Waals surface area contributed by atoms with Crippen LogP contribution in [0.25, 0.3) is 10.8 Å². The average Bonchev–Trinajstić information content (AvgIpc) is 2.66. The first-order valence-corrected chi connectivity index (χ1v) is 9.32. The fourth-order valence-corrected chi connectivity index (χ4v) is 3.49. The molecule has 3 aromatic rings. The molecule has 150 valence electrons. The maximum absolute atomic E-state index is 12.8. The van der Waals surface area contributed by atoms with Gasteiger partial charge in [-0.15, -0.1) is 24.0 Å². The van der Waals surface area contributed by atoms with Crippen molar-refractivity contribution in [2.24, 2.45) is 0 Å². The van der Waals surface area contributed by atoms with E-state index in [4.69, 9.17) is 11.6 Å². The second-order valence-electron chi connectivity index (χ2n) is 6.62. The maximum atomic E-state index is 12.8. The smallest absolute Gasteiger partial charge is 0.310 e. The van der Waals surface area contributed by atoms with E-state index in [1.54, 1.807) is 6.07 Å². The zero-order valence-electron chi connectivity index (χ0n) is 15.3. The van der Waals surface area contributed by atoms with Gasteiger partial charge in [-0.1, -0.05) is 60.7 Å². The Morgan fingerprint density at radius 1 is 0.964 bits per heavy atom. The Morgan fingerprint density at radius 3 is 2.39 bits per heavy atom. The highest BCUT2D eigenvalue weighted by Gasteiger charge is 2.30. The summed E-state index contributed by atoms with van der Waals surface area (Å²) in [6, 6.07) is 19.7. The van der Waals surface area contributed by atoms with Crippen molar-refractivity contribution in [2.75, 3.05) is 6.54 Å². The summed E-state index contributed by atoms with van der Waals surface area (Å²) in [6.07, 6.45) is -3.81. The lowest BCUT2D eigenvalue weighted by atomic mass is 9.99. The van der Waals surface area contributed by atoms with Crippen LogP contribution in [0.2, 0.25) is 0 Å². The Hall–Kier alpha value is -1.75. The van der Waals surface area contributed by atoms with Crippen LogP contribution in [0.3, 0.4) is 0 Å². The van der Waals surface area contributed by atoms with E-state index in [1.807, 2.05) is 18.2 Å². The van der Waals surface area contributed by atoms with E-state index in [2.05, 4.69) is 36.5 Å². The maximum Gasteiger partial charge on any atom is 0.416 e. The lowest BCUT2D eigenvalue weighted by Crippen LogP contribution is -2.21. The van der Waals surface area contributed by atoms with Crippen molar-refractivity contribution >= 4 is 34.8 Å². The highest BCUT2D eigenvalue weighted by Crippen LogP contribution is 2.33. The standard InChI is InChI=1S/C22H21ClF3N.ClH/c1-15(19-11-5-7-16-6-2-3-10-20(16)19)27-13-12-21(23)17-8-4-9-18(14-17)22(24,25)26;/h2-11,14-15,21,27H,12-13H2,1H3;1H/t15?,21-;/m1./s1. The quantitative estimate of drug-likeness (QED) is 0.406. The third-order valence-electron chi connectivity index (χ3n) is 4.71. The number of benzene rings is 3. The van der Waals surface area contributed by atoms with E-state index < -0.39 is 17.1 Å². The second-order valence-corrected chi connectivity index (χ2v) is 7.15. The molecule has 0 aliphatic carbocycles. The number of halogens is 5. The summed E-state index contributed by atoms with van der Waals surface area (Å²) in [5.41, 5.74) is 1.02. The molecule has 0 spiro atoms. The van der Waals surface area contributed by atoms with Gasteiger partial charge in [-0.05, 0) is 47.9 Å². The predicted molar refractivity (Wildman–Crippen MR) is 112 cm³/mol. The van der Waals surface area contributed by atoms with Gasteiger partial charge in [0.1, 0.15) is 0 Å². The van der Waals surface area contributed by atoms with Crippen LogP contribution in [0.15, 0.2) is 66.7 Å². The zero-order chi connectivity index (χ0) is 19.4. The van der Waals surface area contributed by atoms with Crippen LogP contribution in [-0.4, -0.2) is 6.54 Å². The summed E-state index contributed by atoms with van der Waals surface area (Å²) < 4.78 is 38.5. The van der Waals surface area contributed by atoms with Gasteiger partial charge < -0.3 is 5.32 Å². The van der Waals surface area contributed by atoms with Crippen LogP contribution in [0.1, 0.15) is 41.5 Å². The SMILES string of the molecule is CC(NCC[C@@H](Cl)c1cccc(C(F)(F)F)c1)c1cccc2ccccc12.Cl. The molecule has 0 aliphatic rings. The normalized spacial score (nSPS) is 13.8. The Labute approximate surface area is 174 Å². The first-order valence-electron chi connectivity index (χ1n) is 8.88. The van der Waals surface area contributed by atoms with E-state index >= 15 is 0 Å².